The fourth-order valence-electron chi connectivity index (χ4n) is 4.98. The summed E-state index contributed by atoms with van der Waals surface area (Å²) >= 11 is 0. The molecule has 0 heterocycles. The molecule has 0 atom stereocenters. The zero-order valence-electron chi connectivity index (χ0n) is 26.8. The fraction of sp³-hybridized carbons (Fsp3) is 0. The van der Waals surface area contributed by atoms with Crippen molar-refractivity contribution < 1.29 is 28.4 Å². The number of nitrogens with two attached hydrogens (primary N) is 2. The number of benzene rings is 7. The minimum atomic E-state index is 0.516. The molecule has 8 heteroatoms. The van der Waals surface area contributed by atoms with E-state index in [1.54, 1.807) is 36.4 Å². The van der Waals surface area contributed by atoms with Gasteiger partial charge in [-0.1, -0.05) is 60.7 Å². The molecule has 8 nitrogen and oxygen atoms in total. The summed E-state index contributed by atoms with van der Waals surface area (Å²) in [6.07, 6.45) is 0. The van der Waals surface area contributed by atoms with Gasteiger partial charge >= 0.3 is 0 Å². The lowest BCUT2D eigenvalue weighted by Crippen LogP contribution is -1.93. The van der Waals surface area contributed by atoms with Crippen molar-refractivity contribution in [3.8, 4) is 69.0 Å². The molecule has 50 heavy (non-hydrogen) atoms. The molecular formula is C42H32N2O6. The van der Waals surface area contributed by atoms with Crippen molar-refractivity contribution in [1.29, 1.82) is 0 Å². The maximum absolute atomic E-state index is 6.30. The van der Waals surface area contributed by atoms with Crippen molar-refractivity contribution in [2.75, 3.05) is 11.5 Å². The average Bonchev–Trinajstić information content (AvgIpc) is 3.11. The smallest absolute Gasteiger partial charge is 0.169 e. The van der Waals surface area contributed by atoms with Crippen LogP contribution in [0.1, 0.15) is 0 Å². The predicted octanol–water partition coefficient (Wildman–Crippen LogP) is 11.6. The molecule has 7 rings (SSSR count). The van der Waals surface area contributed by atoms with E-state index in [1.807, 2.05) is 133 Å². The second kappa shape index (κ2) is 14.8. The van der Waals surface area contributed by atoms with Crippen LogP contribution in [0.5, 0.6) is 69.0 Å². The monoisotopic (exact) mass is 660 g/mol. The van der Waals surface area contributed by atoms with Crippen LogP contribution in [0.4, 0.5) is 11.4 Å². The molecule has 0 radical (unpaired) electrons. The highest BCUT2D eigenvalue weighted by atomic mass is 16.5. The third-order valence-corrected chi connectivity index (χ3v) is 7.24. The second-order valence-corrected chi connectivity index (χ2v) is 11.0. The number of hydrogen-bond donors (Lipinski definition) is 2. The molecule has 0 amide bonds. The Morgan fingerprint density at radius 3 is 0.700 bits per heavy atom. The summed E-state index contributed by atoms with van der Waals surface area (Å²) in [6, 6.07) is 51.4. The van der Waals surface area contributed by atoms with Crippen LogP contribution in [0.25, 0.3) is 0 Å². The molecule has 0 saturated heterocycles. The molecule has 0 aliphatic rings. The van der Waals surface area contributed by atoms with Crippen molar-refractivity contribution in [3.63, 3.8) is 0 Å². The van der Waals surface area contributed by atoms with Gasteiger partial charge in [0, 0.05) is 35.6 Å². The Kier molecular flexibility index (Phi) is 9.33. The van der Waals surface area contributed by atoms with Gasteiger partial charge in [-0.2, -0.15) is 0 Å². The first-order valence-corrected chi connectivity index (χ1v) is 15.8. The van der Waals surface area contributed by atoms with E-state index in [2.05, 4.69) is 0 Å². The predicted molar refractivity (Wildman–Crippen MR) is 194 cm³/mol. The van der Waals surface area contributed by atoms with E-state index in [9.17, 15) is 0 Å². The number of para-hydroxylation sites is 6. The van der Waals surface area contributed by atoms with Gasteiger partial charge in [0.25, 0.3) is 0 Å². The summed E-state index contributed by atoms with van der Waals surface area (Å²) in [4.78, 5) is 0. The van der Waals surface area contributed by atoms with Crippen LogP contribution >= 0.6 is 0 Å². The first-order chi connectivity index (χ1) is 24.5. The number of hydrogen-bond acceptors (Lipinski definition) is 8. The fourth-order valence-corrected chi connectivity index (χ4v) is 4.98. The number of anilines is 2. The summed E-state index contributed by atoms with van der Waals surface area (Å²) in [7, 11) is 0. The van der Waals surface area contributed by atoms with Crippen LogP contribution in [-0.2, 0) is 0 Å². The number of rotatable bonds is 12. The van der Waals surface area contributed by atoms with Crippen molar-refractivity contribution in [1.82, 2.24) is 0 Å². The van der Waals surface area contributed by atoms with Gasteiger partial charge in [-0.05, 0) is 84.9 Å². The zero-order chi connectivity index (χ0) is 34.1. The normalized spacial score (nSPS) is 10.6. The van der Waals surface area contributed by atoms with E-state index >= 15 is 0 Å². The number of ether oxygens (including phenoxy) is 6. The Hall–Kier alpha value is -7.06. The molecule has 0 fully saturated rings. The summed E-state index contributed by atoms with van der Waals surface area (Å²) < 4.78 is 37.2. The minimum Gasteiger partial charge on any atom is -0.453 e. The molecule has 0 aliphatic heterocycles. The third kappa shape index (κ3) is 8.07. The van der Waals surface area contributed by atoms with Crippen molar-refractivity contribution in [2.45, 2.75) is 0 Å². The highest BCUT2D eigenvalue weighted by Crippen LogP contribution is 2.40. The highest BCUT2D eigenvalue weighted by Gasteiger charge is 2.13. The average molecular weight is 661 g/mol. The zero-order valence-corrected chi connectivity index (χ0v) is 26.8. The maximum Gasteiger partial charge on any atom is 0.169 e. The molecule has 246 valence electrons. The van der Waals surface area contributed by atoms with Crippen LogP contribution in [0.15, 0.2) is 170 Å². The lowest BCUT2D eigenvalue weighted by Gasteiger charge is -2.15. The van der Waals surface area contributed by atoms with Crippen LogP contribution in [0, 0.1) is 0 Å². The Morgan fingerprint density at radius 2 is 0.460 bits per heavy atom. The molecule has 7 aromatic carbocycles. The number of nitrogen functional groups attached to an aromatic ring is 2. The molecule has 0 saturated carbocycles. The highest BCUT2D eigenvalue weighted by molar-refractivity contribution is 5.52. The Balaban J connectivity index is 1.05. The van der Waals surface area contributed by atoms with Gasteiger partial charge in [-0.15, -0.1) is 0 Å². The minimum absolute atomic E-state index is 0.516. The lowest BCUT2D eigenvalue weighted by molar-refractivity contribution is 0.403. The summed E-state index contributed by atoms with van der Waals surface area (Å²) in [5, 5.41) is 0. The topological polar surface area (TPSA) is 107 Å². The van der Waals surface area contributed by atoms with Gasteiger partial charge in [-0.25, -0.2) is 0 Å². The van der Waals surface area contributed by atoms with Crippen molar-refractivity contribution >= 4 is 11.4 Å². The standard InChI is InChI=1S/C42H32N2O6/c43-29-11-7-13-31(25-29)45-37-19-1-3-21-39(37)47-33-15-9-17-35(27-33)49-41-23-5-6-24-42(41)50-36-18-10-16-34(28-36)48-40-22-4-2-20-38(40)46-32-14-8-12-30(44)26-32/h1-28H,43-44H2. The molecule has 0 aromatic heterocycles. The van der Waals surface area contributed by atoms with Crippen molar-refractivity contribution in [3.05, 3.63) is 170 Å². The summed E-state index contributed by atoms with van der Waals surface area (Å²) in [5.41, 5.74) is 13.1. The molecule has 0 unspecified atom stereocenters. The quantitative estimate of drug-likeness (QED) is 0.125. The van der Waals surface area contributed by atoms with E-state index < -0.39 is 0 Å². The van der Waals surface area contributed by atoms with Gasteiger partial charge in [0.15, 0.2) is 34.5 Å². The van der Waals surface area contributed by atoms with E-state index in [0.717, 1.165) is 0 Å². The molecule has 0 aliphatic carbocycles. The molecule has 0 bridgehead atoms. The lowest BCUT2D eigenvalue weighted by atomic mass is 10.2. The molecular weight excluding hydrogens is 628 g/mol. The first kappa shape index (κ1) is 31.5. The van der Waals surface area contributed by atoms with Gasteiger partial charge in [0.2, 0.25) is 0 Å². The van der Waals surface area contributed by atoms with E-state index in [-0.39, 0.29) is 0 Å². The maximum atomic E-state index is 6.30. The Morgan fingerprint density at radius 1 is 0.240 bits per heavy atom. The van der Waals surface area contributed by atoms with Gasteiger partial charge in [-0.3, -0.25) is 0 Å². The van der Waals surface area contributed by atoms with Crippen LogP contribution in [-0.4, -0.2) is 0 Å². The van der Waals surface area contributed by atoms with E-state index in [1.165, 1.54) is 0 Å². The van der Waals surface area contributed by atoms with Crippen LogP contribution < -0.4 is 39.9 Å². The van der Waals surface area contributed by atoms with E-state index in [0.29, 0.717) is 80.4 Å². The van der Waals surface area contributed by atoms with E-state index in [4.69, 9.17) is 39.9 Å². The van der Waals surface area contributed by atoms with Crippen LogP contribution in [0.2, 0.25) is 0 Å². The summed E-state index contributed by atoms with van der Waals surface area (Å²) in [6.45, 7) is 0. The molecule has 4 N–H and O–H groups in total. The first-order valence-electron chi connectivity index (χ1n) is 15.8. The molecule has 0 spiro atoms. The SMILES string of the molecule is Nc1cccc(Oc2ccccc2Oc2cccc(Oc3ccccc3Oc3cccc(Oc4ccccc4Oc4cccc(N)c4)c3)c2)c1. The van der Waals surface area contributed by atoms with Crippen LogP contribution in [0.3, 0.4) is 0 Å². The summed E-state index contributed by atoms with van der Waals surface area (Å²) in [5.74, 6) is 6.67. The van der Waals surface area contributed by atoms with Gasteiger partial charge in [0.1, 0.15) is 34.5 Å². The third-order valence-electron chi connectivity index (χ3n) is 7.24. The largest absolute Gasteiger partial charge is 0.453 e. The molecule has 7 aromatic rings. The van der Waals surface area contributed by atoms with Crippen molar-refractivity contribution in [2.24, 2.45) is 0 Å². The Bertz CT molecular complexity index is 2080. The van der Waals surface area contributed by atoms with Gasteiger partial charge < -0.3 is 39.9 Å². The Labute approximate surface area is 289 Å². The second-order valence-electron chi connectivity index (χ2n) is 11.0. The van der Waals surface area contributed by atoms with Gasteiger partial charge in [0.05, 0.1) is 0 Å².